The number of nitrogens with one attached hydrogen (secondary N) is 2. The Morgan fingerprint density at radius 3 is 2.63 bits per heavy atom. The van der Waals surface area contributed by atoms with Gasteiger partial charge in [-0.3, -0.25) is 14.4 Å². The van der Waals surface area contributed by atoms with E-state index in [1.54, 1.807) is 37.9 Å². The van der Waals surface area contributed by atoms with Crippen LogP contribution in [0.5, 0.6) is 11.5 Å². The van der Waals surface area contributed by atoms with E-state index in [0.717, 1.165) is 5.56 Å². The van der Waals surface area contributed by atoms with Crippen LogP contribution in [0.25, 0.3) is 0 Å². The molecule has 3 amide bonds. The zero-order valence-electron chi connectivity index (χ0n) is 24.9. The molecule has 2 N–H and O–H groups in total. The van der Waals surface area contributed by atoms with Crippen LogP contribution in [0.15, 0.2) is 36.4 Å². The first kappa shape index (κ1) is 30.3. The molecule has 2 aromatic carbocycles. The minimum absolute atomic E-state index is 0.0692. The summed E-state index contributed by atoms with van der Waals surface area (Å²) in [6.45, 7) is 9.77. The molecule has 0 bridgehead atoms. The van der Waals surface area contributed by atoms with E-state index in [-0.39, 0.29) is 29.6 Å². The summed E-state index contributed by atoms with van der Waals surface area (Å²) in [5.41, 5.74) is 1.88. The van der Waals surface area contributed by atoms with Gasteiger partial charge in [-0.25, -0.2) is 0 Å². The normalized spacial score (nSPS) is 19.7. The Labute approximate surface area is 242 Å². The number of hydrogen-bond acceptors (Lipinski definition) is 7. The maximum Gasteiger partial charge on any atom is 0.270 e. The molecule has 2 aliphatic heterocycles. The molecule has 2 aromatic rings. The molecular formula is C31H42N4O6. The fourth-order valence-corrected chi connectivity index (χ4v) is 5.53. The Morgan fingerprint density at radius 2 is 1.93 bits per heavy atom. The van der Waals surface area contributed by atoms with Gasteiger partial charge in [0.2, 0.25) is 11.8 Å². The van der Waals surface area contributed by atoms with Crippen molar-refractivity contribution in [1.82, 2.24) is 5.32 Å². The smallest absolute Gasteiger partial charge is 0.270 e. The highest BCUT2D eigenvalue weighted by Gasteiger charge is 2.41. The van der Waals surface area contributed by atoms with Crippen LogP contribution in [0.2, 0.25) is 0 Å². The molecule has 41 heavy (non-hydrogen) atoms. The van der Waals surface area contributed by atoms with E-state index in [9.17, 15) is 14.4 Å². The number of carbonyl (C=O) groups is 3. The van der Waals surface area contributed by atoms with Crippen LogP contribution in [0.1, 0.15) is 39.2 Å². The molecule has 0 radical (unpaired) electrons. The maximum atomic E-state index is 13.8. The number of ether oxygens (including phenoxy) is 3. The van der Waals surface area contributed by atoms with E-state index in [1.807, 2.05) is 50.2 Å². The summed E-state index contributed by atoms with van der Waals surface area (Å²) in [4.78, 5) is 43.8. The zero-order valence-corrected chi connectivity index (χ0v) is 24.9. The highest BCUT2D eigenvalue weighted by Crippen LogP contribution is 2.41. The largest absolute Gasteiger partial charge is 0.495 e. The second-order valence-corrected chi connectivity index (χ2v) is 11.1. The average molecular weight is 567 g/mol. The van der Waals surface area contributed by atoms with Crippen molar-refractivity contribution < 1.29 is 28.6 Å². The average Bonchev–Trinajstić information content (AvgIpc) is 2.96. The van der Waals surface area contributed by atoms with Crippen molar-refractivity contribution in [2.75, 3.05) is 62.1 Å². The molecule has 2 aliphatic rings. The lowest BCUT2D eigenvalue weighted by Gasteiger charge is -2.39. The van der Waals surface area contributed by atoms with Gasteiger partial charge in [0.15, 0.2) is 5.60 Å². The third-order valence-electron chi connectivity index (χ3n) is 7.76. The first-order valence-electron chi connectivity index (χ1n) is 14.2. The molecule has 4 rings (SSSR count). The molecule has 0 aromatic heterocycles. The number of methoxy groups -OCH3 is 2. The number of benzene rings is 2. The quantitative estimate of drug-likeness (QED) is 0.422. The molecule has 0 unspecified atom stereocenters. The van der Waals surface area contributed by atoms with Crippen LogP contribution in [-0.2, 0) is 19.1 Å². The van der Waals surface area contributed by atoms with Crippen molar-refractivity contribution in [3.63, 3.8) is 0 Å². The minimum Gasteiger partial charge on any atom is -0.495 e. The SMILES string of the molecule is CCN(C(=O)[C@H]1CNC[C@@H](C(=O)Nc2c(C)cccc2OC)C1)c1ccc2c(c1)N(CCCOC)C(=O)C(C)(C)O2. The Morgan fingerprint density at radius 1 is 1.17 bits per heavy atom. The number of hydrogen-bond donors (Lipinski definition) is 2. The third-order valence-corrected chi connectivity index (χ3v) is 7.76. The number of amides is 3. The van der Waals surface area contributed by atoms with Gasteiger partial charge in [-0.05, 0) is 70.4 Å². The van der Waals surface area contributed by atoms with Crippen molar-refractivity contribution in [2.45, 2.75) is 46.1 Å². The van der Waals surface area contributed by atoms with Gasteiger partial charge in [0.1, 0.15) is 11.5 Å². The lowest BCUT2D eigenvalue weighted by Crippen LogP contribution is -2.53. The molecule has 0 saturated carbocycles. The predicted molar refractivity (Wildman–Crippen MR) is 159 cm³/mol. The number of piperidine rings is 1. The highest BCUT2D eigenvalue weighted by molar-refractivity contribution is 6.04. The van der Waals surface area contributed by atoms with Crippen LogP contribution < -0.4 is 29.9 Å². The van der Waals surface area contributed by atoms with E-state index in [0.29, 0.717) is 74.2 Å². The van der Waals surface area contributed by atoms with Crippen molar-refractivity contribution in [2.24, 2.45) is 11.8 Å². The van der Waals surface area contributed by atoms with Gasteiger partial charge >= 0.3 is 0 Å². The van der Waals surface area contributed by atoms with Crippen molar-refractivity contribution >= 4 is 34.8 Å². The molecule has 0 spiro atoms. The van der Waals surface area contributed by atoms with Crippen molar-refractivity contribution in [1.29, 1.82) is 0 Å². The van der Waals surface area contributed by atoms with Crippen molar-refractivity contribution in [3.05, 3.63) is 42.0 Å². The summed E-state index contributed by atoms with van der Waals surface area (Å²) in [5.74, 6) is 0.0777. The predicted octanol–water partition coefficient (Wildman–Crippen LogP) is 3.76. The summed E-state index contributed by atoms with van der Waals surface area (Å²) in [6, 6.07) is 11.1. The van der Waals surface area contributed by atoms with Gasteiger partial charge < -0.3 is 34.6 Å². The number of carbonyl (C=O) groups excluding carboxylic acids is 3. The zero-order chi connectivity index (χ0) is 29.7. The Hall–Kier alpha value is -3.63. The highest BCUT2D eigenvalue weighted by atomic mass is 16.5. The topological polar surface area (TPSA) is 109 Å². The number of rotatable bonds is 10. The molecule has 10 nitrogen and oxygen atoms in total. The van der Waals surface area contributed by atoms with Crippen LogP contribution in [0.3, 0.4) is 0 Å². The summed E-state index contributed by atoms with van der Waals surface area (Å²) >= 11 is 0. The van der Waals surface area contributed by atoms with Crippen LogP contribution in [0.4, 0.5) is 17.1 Å². The third kappa shape index (κ3) is 6.49. The van der Waals surface area contributed by atoms with E-state index in [4.69, 9.17) is 14.2 Å². The minimum atomic E-state index is -0.993. The van der Waals surface area contributed by atoms with Crippen LogP contribution in [-0.4, -0.2) is 70.3 Å². The monoisotopic (exact) mass is 566 g/mol. The van der Waals surface area contributed by atoms with Gasteiger partial charge in [0, 0.05) is 45.6 Å². The molecule has 1 fully saturated rings. The Bertz CT molecular complexity index is 1280. The Balaban J connectivity index is 1.52. The fourth-order valence-electron chi connectivity index (χ4n) is 5.53. The fraction of sp³-hybridized carbons (Fsp3) is 0.516. The summed E-state index contributed by atoms with van der Waals surface area (Å²) < 4.78 is 16.7. The standard InChI is InChI=1S/C31H42N4O6/c1-7-34(23-12-13-25-24(17-23)35(14-9-15-39-5)30(38)31(3,4)41-25)29(37)22-16-21(18-32-19-22)28(36)33-27-20(2)10-8-11-26(27)40-6/h8,10-13,17,21-22,32H,7,9,14-16,18-19H2,1-6H3,(H,33,36)/t21-,22+/m0/s1. The number of nitrogens with zero attached hydrogens (tertiary/aromatic N) is 2. The number of fused-ring (bicyclic) bond motifs is 1. The lowest BCUT2D eigenvalue weighted by atomic mass is 9.88. The number of anilines is 3. The maximum absolute atomic E-state index is 13.8. The molecule has 222 valence electrons. The molecule has 2 heterocycles. The van der Waals surface area contributed by atoms with E-state index in [2.05, 4.69) is 10.6 Å². The summed E-state index contributed by atoms with van der Waals surface area (Å²) in [7, 11) is 3.21. The second kappa shape index (κ2) is 12.9. The van der Waals surface area contributed by atoms with E-state index < -0.39 is 5.60 Å². The summed E-state index contributed by atoms with van der Waals surface area (Å²) in [6.07, 6.45) is 1.09. The number of para-hydroxylation sites is 1. The molecule has 0 aliphatic carbocycles. The van der Waals surface area contributed by atoms with Gasteiger partial charge in [-0.15, -0.1) is 0 Å². The van der Waals surface area contributed by atoms with E-state index in [1.165, 1.54) is 0 Å². The first-order chi connectivity index (χ1) is 19.6. The van der Waals surface area contributed by atoms with Gasteiger partial charge in [0.05, 0.1) is 30.3 Å². The van der Waals surface area contributed by atoms with Crippen LogP contribution in [0, 0.1) is 18.8 Å². The first-order valence-corrected chi connectivity index (χ1v) is 14.2. The molecular weight excluding hydrogens is 524 g/mol. The molecule has 10 heteroatoms. The summed E-state index contributed by atoms with van der Waals surface area (Å²) in [5, 5.41) is 6.30. The molecule has 1 saturated heterocycles. The molecule has 2 atom stereocenters. The van der Waals surface area contributed by atoms with Gasteiger partial charge in [-0.2, -0.15) is 0 Å². The number of aryl methyl sites for hydroxylation is 1. The second-order valence-electron chi connectivity index (χ2n) is 11.1. The lowest BCUT2D eigenvalue weighted by molar-refractivity contribution is -0.132. The van der Waals surface area contributed by atoms with Crippen LogP contribution >= 0.6 is 0 Å². The Kier molecular flexibility index (Phi) is 9.55. The van der Waals surface area contributed by atoms with Crippen molar-refractivity contribution in [3.8, 4) is 11.5 Å². The van der Waals surface area contributed by atoms with Gasteiger partial charge in [-0.1, -0.05) is 12.1 Å². The van der Waals surface area contributed by atoms with E-state index >= 15 is 0 Å². The van der Waals surface area contributed by atoms with Gasteiger partial charge in [0.25, 0.3) is 5.91 Å².